The molecule has 0 aromatic carbocycles. The highest BCUT2D eigenvalue weighted by Gasteiger charge is 2.58. The number of halogens is 2. The van der Waals surface area contributed by atoms with E-state index < -0.39 is 24.6 Å². The van der Waals surface area contributed by atoms with E-state index in [0.717, 1.165) is 4.90 Å². The normalized spacial score (nSPS) is 28.9. The standard InChI is InChI=1S/C10H14F2N2O/c1-4-5-8(15)14-7-10(11,12)6-9(14,2)13-3/h4-7H2,1-2H3. The van der Waals surface area contributed by atoms with Crippen LogP contribution in [0.15, 0.2) is 0 Å². The summed E-state index contributed by atoms with van der Waals surface area (Å²) in [6, 6.07) is 0. The molecule has 1 saturated heterocycles. The molecule has 1 fully saturated rings. The van der Waals surface area contributed by atoms with Crippen LogP contribution in [0.3, 0.4) is 0 Å². The van der Waals surface area contributed by atoms with Crippen molar-refractivity contribution < 1.29 is 13.6 Å². The van der Waals surface area contributed by atoms with Crippen LogP contribution in [0, 0.1) is 6.57 Å². The van der Waals surface area contributed by atoms with Gasteiger partial charge in [-0.05, 0) is 6.42 Å². The molecule has 0 spiro atoms. The fraction of sp³-hybridized carbons (Fsp3) is 0.800. The summed E-state index contributed by atoms with van der Waals surface area (Å²) in [5, 5.41) is 0. The number of carbonyl (C=O) groups excluding carboxylic acids is 1. The Morgan fingerprint density at radius 1 is 1.60 bits per heavy atom. The number of rotatable bonds is 2. The fourth-order valence-electron chi connectivity index (χ4n) is 1.85. The van der Waals surface area contributed by atoms with Crippen molar-refractivity contribution in [1.82, 2.24) is 4.90 Å². The summed E-state index contributed by atoms with van der Waals surface area (Å²) in [5.41, 5.74) is -1.37. The van der Waals surface area contributed by atoms with Gasteiger partial charge in [0.05, 0.1) is 6.54 Å². The Balaban J connectivity index is 2.89. The Hall–Kier alpha value is -1.18. The highest BCUT2D eigenvalue weighted by molar-refractivity contribution is 5.77. The monoisotopic (exact) mass is 216 g/mol. The molecule has 0 aromatic heterocycles. The molecule has 15 heavy (non-hydrogen) atoms. The highest BCUT2D eigenvalue weighted by Crippen LogP contribution is 2.40. The quantitative estimate of drug-likeness (QED) is 0.650. The van der Waals surface area contributed by atoms with Crippen LogP contribution in [0.5, 0.6) is 0 Å². The maximum atomic E-state index is 13.1. The lowest BCUT2D eigenvalue weighted by Gasteiger charge is -2.23. The molecule has 1 amide bonds. The molecule has 0 aliphatic carbocycles. The number of alkyl halides is 2. The molecule has 0 radical (unpaired) electrons. The molecule has 84 valence electrons. The molecular weight excluding hydrogens is 202 g/mol. The van der Waals surface area contributed by atoms with E-state index in [1.54, 1.807) is 6.92 Å². The lowest BCUT2D eigenvalue weighted by atomic mass is 10.1. The minimum absolute atomic E-state index is 0.223. The van der Waals surface area contributed by atoms with E-state index in [1.807, 2.05) is 0 Å². The van der Waals surface area contributed by atoms with Crippen molar-refractivity contribution in [3.05, 3.63) is 11.4 Å². The number of nitrogens with zero attached hydrogens (tertiary/aromatic N) is 2. The zero-order valence-corrected chi connectivity index (χ0v) is 8.89. The molecule has 1 heterocycles. The molecule has 1 aliphatic heterocycles. The van der Waals surface area contributed by atoms with E-state index in [0.29, 0.717) is 6.42 Å². The van der Waals surface area contributed by atoms with Crippen molar-refractivity contribution in [3.63, 3.8) is 0 Å². The third-order valence-corrected chi connectivity index (χ3v) is 2.57. The largest absolute Gasteiger partial charge is 0.313 e. The summed E-state index contributed by atoms with van der Waals surface area (Å²) in [4.78, 5) is 15.7. The van der Waals surface area contributed by atoms with Crippen LogP contribution >= 0.6 is 0 Å². The second-order valence-electron chi connectivity index (χ2n) is 4.09. The summed E-state index contributed by atoms with van der Waals surface area (Å²) >= 11 is 0. The Kier molecular flexibility index (Phi) is 2.98. The lowest BCUT2D eigenvalue weighted by Crippen LogP contribution is -2.42. The van der Waals surface area contributed by atoms with Gasteiger partial charge >= 0.3 is 5.66 Å². The van der Waals surface area contributed by atoms with Crippen LogP contribution in [0.1, 0.15) is 33.1 Å². The van der Waals surface area contributed by atoms with Gasteiger partial charge in [0.1, 0.15) is 6.42 Å². The van der Waals surface area contributed by atoms with E-state index >= 15 is 0 Å². The first-order chi connectivity index (χ1) is 6.84. The first-order valence-electron chi connectivity index (χ1n) is 4.91. The van der Waals surface area contributed by atoms with Crippen LogP contribution in [0.2, 0.25) is 0 Å². The van der Waals surface area contributed by atoms with E-state index in [2.05, 4.69) is 4.85 Å². The van der Waals surface area contributed by atoms with Gasteiger partial charge in [0.15, 0.2) is 0 Å². The van der Waals surface area contributed by atoms with Gasteiger partial charge in [0, 0.05) is 13.3 Å². The highest BCUT2D eigenvalue weighted by atomic mass is 19.3. The lowest BCUT2D eigenvalue weighted by molar-refractivity contribution is -0.134. The number of hydrogen-bond donors (Lipinski definition) is 0. The number of amides is 1. The van der Waals surface area contributed by atoms with Crippen molar-refractivity contribution in [2.45, 2.75) is 44.7 Å². The molecule has 0 N–H and O–H groups in total. The third-order valence-electron chi connectivity index (χ3n) is 2.57. The van der Waals surface area contributed by atoms with Gasteiger partial charge in [-0.15, -0.1) is 0 Å². The SMILES string of the molecule is [C-]#[N+]C1(C)CC(F)(F)CN1C(=O)CCC. The molecule has 1 atom stereocenters. The molecular formula is C10H14F2N2O. The minimum atomic E-state index is -2.93. The predicted molar refractivity (Wildman–Crippen MR) is 51.2 cm³/mol. The molecule has 1 unspecified atom stereocenters. The van der Waals surface area contributed by atoms with Crippen LogP contribution in [-0.4, -0.2) is 28.9 Å². The van der Waals surface area contributed by atoms with E-state index in [1.165, 1.54) is 6.92 Å². The van der Waals surface area contributed by atoms with Crippen LogP contribution < -0.4 is 0 Å². The van der Waals surface area contributed by atoms with Crippen molar-refractivity contribution in [3.8, 4) is 0 Å². The molecule has 0 bridgehead atoms. The predicted octanol–water partition coefficient (Wildman–Crippen LogP) is 2.29. The van der Waals surface area contributed by atoms with Crippen LogP contribution in [-0.2, 0) is 4.79 Å². The molecule has 1 rings (SSSR count). The second kappa shape index (κ2) is 3.76. The summed E-state index contributed by atoms with van der Waals surface area (Å²) < 4.78 is 26.3. The van der Waals surface area contributed by atoms with Crippen molar-refractivity contribution in [2.24, 2.45) is 0 Å². The van der Waals surface area contributed by atoms with Gasteiger partial charge in [0.2, 0.25) is 5.91 Å². The van der Waals surface area contributed by atoms with Gasteiger partial charge in [-0.25, -0.2) is 15.4 Å². The average molecular weight is 216 g/mol. The van der Waals surface area contributed by atoms with Gasteiger partial charge < -0.3 is 0 Å². The zero-order chi connectivity index (χ0) is 11.7. The summed E-state index contributed by atoms with van der Waals surface area (Å²) in [7, 11) is 0. The minimum Gasteiger partial charge on any atom is -0.287 e. The molecule has 5 heteroatoms. The smallest absolute Gasteiger partial charge is 0.287 e. The van der Waals surface area contributed by atoms with Gasteiger partial charge in [-0.3, -0.25) is 14.5 Å². The average Bonchev–Trinajstić information content (AvgIpc) is 2.38. The molecule has 1 aliphatic rings. The zero-order valence-electron chi connectivity index (χ0n) is 8.89. The summed E-state index contributed by atoms with van der Waals surface area (Å²) in [6.45, 7) is 9.51. The fourth-order valence-corrected chi connectivity index (χ4v) is 1.85. The van der Waals surface area contributed by atoms with E-state index in [-0.39, 0.29) is 12.3 Å². The van der Waals surface area contributed by atoms with Crippen LogP contribution in [0.25, 0.3) is 4.85 Å². The number of likely N-dealkylation sites (tertiary alicyclic amines) is 1. The van der Waals surface area contributed by atoms with Crippen molar-refractivity contribution in [1.29, 1.82) is 0 Å². The maximum Gasteiger partial charge on any atom is 0.313 e. The van der Waals surface area contributed by atoms with Gasteiger partial charge in [-0.2, -0.15) is 0 Å². The first-order valence-corrected chi connectivity index (χ1v) is 4.91. The van der Waals surface area contributed by atoms with E-state index in [4.69, 9.17) is 6.57 Å². The Bertz CT molecular complexity index is 311. The van der Waals surface area contributed by atoms with Gasteiger partial charge in [-0.1, -0.05) is 6.92 Å². The molecule has 0 aromatic rings. The number of hydrogen-bond acceptors (Lipinski definition) is 1. The topological polar surface area (TPSA) is 24.7 Å². The number of carbonyl (C=O) groups is 1. The molecule has 3 nitrogen and oxygen atoms in total. The Morgan fingerprint density at radius 3 is 2.67 bits per heavy atom. The summed E-state index contributed by atoms with van der Waals surface area (Å²) in [5.74, 6) is -3.28. The van der Waals surface area contributed by atoms with Crippen molar-refractivity contribution >= 4 is 5.91 Å². The van der Waals surface area contributed by atoms with Gasteiger partial charge in [0.25, 0.3) is 5.92 Å². The third kappa shape index (κ3) is 2.25. The Morgan fingerprint density at radius 2 is 2.20 bits per heavy atom. The maximum absolute atomic E-state index is 13.1. The second-order valence-corrected chi connectivity index (χ2v) is 4.09. The van der Waals surface area contributed by atoms with Crippen molar-refractivity contribution in [2.75, 3.05) is 6.54 Å². The molecule has 0 saturated carbocycles. The van der Waals surface area contributed by atoms with Crippen LogP contribution in [0.4, 0.5) is 8.78 Å². The Labute approximate surface area is 87.9 Å². The summed E-state index contributed by atoms with van der Waals surface area (Å²) in [6.07, 6.45) is 0.273. The van der Waals surface area contributed by atoms with E-state index in [9.17, 15) is 13.6 Å². The first kappa shape index (κ1) is 11.9.